The molecule has 0 saturated carbocycles. The number of carbonyl (C=O) groups is 2. The highest BCUT2D eigenvalue weighted by atomic mass is 16.4. The fourth-order valence-corrected chi connectivity index (χ4v) is 4.00. The highest BCUT2D eigenvalue weighted by Crippen LogP contribution is 2.20. The van der Waals surface area contributed by atoms with Crippen LogP contribution in [-0.2, 0) is 9.59 Å². The number of carboxylic acid groups (broad SMARTS) is 2. The Balaban J connectivity index is 0.000000479. The van der Waals surface area contributed by atoms with E-state index < -0.39 is 11.9 Å². The van der Waals surface area contributed by atoms with Gasteiger partial charge < -0.3 is 15.1 Å². The van der Waals surface area contributed by atoms with Crippen molar-refractivity contribution in [3.05, 3.63) is 12.2 Å². The van der Waals surface area contributed by atoms with E-state index in [1.54, 1.807) is 0 Å². The van der Waals surface area contributed by atoms with E-state index in [9.17, 15) is 9.59 Å². The lowest BCUT2D eigenvalue weighted by Gasteiger charge is -2.32. The lowest BCUT2D eigenvalue weighted by atomic mass is 10.00. The van der Waals surface area contributed by atoms with Gasteiger partial charge in [-0.05, 0) is 77.0 Å². The Kier molecular flexibility index (Phi) is 15.9. The Morgan fingerprint density at radius 1 is 0.767 bits per heavy atom. The maximum Gasteiger partial charge on any atom is 0.303 e. The number of nitrogens with zero attached hydrogens (tertiary/aromatic N) is 2. The van der Waals surface area contributed by atoms with Crippen LogP contribution in [0.4, 0.5) is 0 Å². The van der Waals surface area contributed by atoms with Gasteiger partial charge >= 0.3 is 11.9 Å². The molecule has 1 unspecified atom stereocenters. The molecule has 0 spiro atoms. The molecule has 6 nitrogen and oxygen atoms in total. The SMILES string of the molecule is C1=CCCCC(N2CCCCCC=NCCC2)CCCCC1.O=C(O)CCC(=O)O. The molecule has 0 aromatic carbocycles. The third kappa shape index (κ3) is 15.2. The van der Waals surface area contributed by atoms with Crippen LogP contribution in [0.15, 0.2) is 17.1 Å². The first-order valence-corrected chi connectivity index (χ1v) is 11.9. The second-order valence-corrected chi connectivity index (χ2v) is 8.31. The summed E-state index contributed by atoms with van der Waals surface area (Å²) in [6.45, 7) is 3.62. The maximum absolute atomic E-state index is 9.64. The van der Waals surface area contributed by atoms with Crippen molar-refractivity contribution in [3.63, 3.8) is 0 Å². The molecule has 0 amide bonds. The summed E-state index contributed by atoms with van der Waals surface area (Å²) >= 11 is 0. The summed E-state index contributed by atoms with van der Waals surface area (Å²) in [5.74, 6) is -2.15. The van der Waals surface area contributed by atoms with Gasteiger partial charge in [-0.2, -0.15) is 0 Å². The number of allylic oxidation sites excluding steroid dienone is 2. The predicted molar refractivity (Wildman–Crippen MR) is 122 cm³/mol. The summed E-state index contributed by atoms with van der Waals surface area (Å²) < 4.78 is 0. The standard InChI is InChI=1S/C20H36N2.C4H6O4/c1-2-4-6-10-15-20(14-9-5-3-1)22-18-12-8-7-11-16-21-17-13-19-22;5-3(6)1-2-4(7)8/h1,3,16,20H,2,4-15,17-19H2;1-2H2,(H,5,6)(H,7,8). The molecule has 0 bridgehead atoms. The van der Waals surface area contributed by atoms with Crippen LogP contribution in [0.1, 0.15) is 96.3 Å². The van der Waals surface area contributed by atoms with Crippen molar-refractivity contribution >= 4 is 18.2 Å². The van der Waals surface area contributed by atoms with Crippen molar-refractivity contribution in [2.75, 3.05) is 19.6 Å². The van der Waals surface area contributed by atoms with Crippen molar-refractivity contribution in [3.8, 4) is 0 Å². The van der Waals surface area contributed by atoms with E-state index in [4.69, 9.17) is 10.2 Å². The Labute approximate surface area is 182 Å². The Bertz CT molecular complexity index is 473. The zero-order valence-corrected chi connectivity index (χ0v) is 18.6. The minimum absolute atomic E-state index is 0.296. The second-order valence-electron chi connectivity index (χ2n) is 8.31. The van der Waals surface area contributed by atoms with E-state index in [1.165, 1.54) is 96.6 Å². The monoisotopic (exact) mass is 422 g/mol. The molecule has 2 aliphatic rings. The van der Waals surface area contributed by atoms with Crippen molar-refractivity contribution in [1.82, 2.24) is 4.90 Å². The summed E-state index contributed by atoms with van der Waals surface area (Å²) in [4.78, 5) is 26.7. The van der Waals surface area contributed by atoms with E-state index in [1.807, 2.05) is 0 Å². The van der Waals surface area contributed by atoms with Crippen molar-refractivity contribution in [2.24, 2.45) is 4.99 Å². The van der Waals surface area contributed by atoms with Crippen LogP contribution in [0, 0.1) is 0 Å². The van der Waals surface area contributed by atoms with E-state index in [0.29, 0.717) is 0 Å². The highest BCUT2D eigenvalue weighted by Gasteiger charge is 2.17. The molecule has 172 valence electrons. The average Bonchev–Trinajstić information content (AvgIpc) is 2.82. The summed E-state index contributed by atoms with van der Waals surface area (Å²) in [5.41, 5.74) is 0. The predicted octanol–water partition coefficient (Wildman–Crippen LogP) is 5.32. The normalized spacial score (nSPS) is 22.6. The van der Waals surface area contributed by atoms with Gasteiger partial charge in [0.15, 0.2) is 0 Å². The fraction of sp³-hybridized carbons (Fsp3) is 0.792. The van der Waals surface area contributed by atoms with Gasteiger partial charge in [-0.3, -0.25) is 14.6 Å². The van der Waals surface area contributed by atoms with E-state index >= 15 is 0 Å². The van der Waals surface area contributed by atoms with Crippen molar-refractivity contribution < 1.29 is 19.8 Å². The molecule has 1 atom stereocenters. The Morgan fingerprint density at radius 2 is 1.37 bits per heavy atom. The van der Waals surface area contributed by atoms with Gasteiger partial charge in [0.2, 0.25) is 0 Å². The van der Waals surface area contributed by atoms with E-state index in [0.717, 1.165) is 12.6 Å². The topological polar surface area (TPSA) is 90.2 Å². The van der Waals surface area contributed by atoms with Crippen LogP contribution < -0.4 is 0 Å². The van der Waals surface area contributed by atoms with E-state index in [2.05, 4.69) is 28.3 Å². The molecule has 0 fully saturated rings. The summed E-state index contributed by atoms with van der Waals surface area (Å²) in [5, 5.41) is 15.8. The molecule has 30 heavy (non-hydrogen) atoms. The van der Waals surface area contributed by atoms with E-state index in [-0.39, 0.29) is 12.8 Å². The molecule has 0 aromatic rings. The molecule has 0 saturated heterocycles. The number of aliphatic carboxylic acids is 2. The quantitative estimate of drug-likeness (QED) is 0.599. The number of hydrogen-bond acceptors (Lipinski definition) is 4. The van der Waals surface area contributed by atoms with Crippen LogP contribution in [0.5, 0.6) is 0 Å². The first kappa shape index (κ1) is 26.3. The summed E-state index contributed by atoms with van der Waals surface area (Å²) in [6, 6.07) is 0.830. The largest absolute Gasteiger partial charge is 0.481 e. The average molecular weight is 423 g/mol. The number of carboxylic acids is 2. The van der Waals surface area contributed by atoms with Crippen molar-refractivity contribution in [2.45, 2.75) is 102 Å². The number of rotatable bonds is 4. The lowest BCUT2D eigenvalue weighted by Crippen LogP contribution is -2.37. The number of hydrogen-bond donors (Lipinski definition) is 2. The molecular weight excluding hydrogens is 380 g/mol. The molecule has 1 aliphatic carbocycles. The van der Waals surface area contributed by atoms with Crippen LogP contribution in [0.2, 0.25) is 0 Å². The van der Waals surface area contributed by atoms with Crippen LogP contribution in [-0.4, -0.2) is 58.9 Å². The summed E-state index contributed by atoms with van der Waals surface area (Å²) in [6.07, 6.45) is 23.9. The zero-order chi connectivity index (χ0) is 21.9. The fourth-order valence-electron chi connectivity index (χ4n) is 4.00. The zero-order valence-electron chi connectivity index (χ0n) is 18.6. The molecule has 0 aromatic heterocycles. The first-order valence-electron chi connectivity index (χ1n) is 11.9. The van der Waals surface area contributed by atoms with Crippen molar-refractivity contribution in [1.29, 1.82) is 0 Å². The Hall–Kier alpha value is -1.69. The highest BCUT2D eigenvalue weighted by molar-refractivity contribution is 5.75. The van der Waals surface area contributed by atoms with Crippen LogP contribution >= 0.6 is 0 Å². The molecule has 0 radical (unpaired) electrons. The first-order chi connectivity index (χ1) is 14.6. The minimum atomic E-state index is -1.08. The van der Waals surface area contributed by atoms with Gasteiger partial charge in [-0.25, -0.2) is 0 Å². The molecule has 2 rings (SSSR count). The summed E-state index contributed by atoms with van der Waals surface area (Å²) in [7, 11) is 0. The van der Waals surface area contributed by atoms with Gasteiger partial charge in [0, 0.05) is 19.1 Å². The van der Waals surface area contributed by atoms with Crippen LogP contribution in [0.3, 0.4) is 0 Å². The van der Waals surface area contributed by atoms with Crippen LogP contribution in [0.25, 0.3) is 0 Å². The molecule has 1 heterocycles. The third-order valence-electron chi connectivity index (χ3n) is 5.69. The van der Waals surface area contributed by atoms with Gasteiger partial charge in [-0.15, -0.1) is 0 Å². The number of aliphatic imine (C=N–C) groups is 1. The maximum atomic E-state index is 9.64. The molecule has 1 aliphatic heterocycles. The third-order valence-corrected chi connectivity index (χ3v) is 5.69. The molecular formula is C24H42N2O4. The molecule has 6 heteroatoms. The van der Waals surface area contributed by atoms with Gasteiger partial charge in [0.05, 0.1) is 12.8 Å². The Morgan fingerprint density at radius 3 is 2.10 bits per heavy atom. The van der Waals surface area contributed by atoms with Gasteiger partial charge in [0.25, 0.3) is 0 Å². The minimum Gasteiger partial charge on any atom is -0.481 e. The second kappa shape index (κ2) is 18.1. The molecule has 2 N–H and O–H groups in total. The lowest BCUT2D eigenvalue weighted by molar-refractivity contribution is -0.143. The van der Waals surface area contributed by atoms with Gasteiger partial charge in [0.1, 0.15) is 0 Å². The smallest absolute Gasteiger partial charge is 0.303 e. The van der Waals surface area contributed by atoms with Gasteiger partial charge in [-0.1, -0.05) is 31.4 Å².